The van der Waals surface area contributed by atoms with Crippen molar-refractivity contribution in [2.24, 2.45) is 0 Å². The van der Waals surface area contributed by atoms with Crippen LogP contribution in [0.5, 0.6) is 5.75 Å². The monoisotopic (exact) mass is 1100 g/mol. The number of aromatic nitrogens is 9. The third-order valence-corrected chi connectivity index (χ3v) is 13.8. The molecule has 1 aliphatic carbocycles. The van der Waals surface area contributed by atoms with Crippen LogP contribution in [0.15, 0.2) is 104 Å². The van der Waals surface area contributed by atoms with Crippen molar-refractivity contribution in [1.29, 1.82) is 0 Å². The van der Waals surface area contributed by atoms with Gasteiger partial charge in [0.15, 0.2) is 35.2 Å². The summed E-state index contributed by atoms with van der Waals surface area (Å²) in [5, 5.41) is 35.6. The van der Waals surface area contributed by atoms with E-state index in [4.69, 9.17) is 9.47 Å². The van der Waals surface area contributed by atoms with Gasteiger partial charge in [-0.25, -0.2) is 41.7 Å². The van der Waals surface area contributed by atoms with Crippen molar-refractivity contribution in [2.45, 2.75) is 45.4 Å². The van der Waals surface area contributed by atoms with Gasteiger partial charge >= 0.3 is 0 Å². The summed E-state index contributed by atoms with van der Waals surface area (Å²) in [7, 11) is 0. The van der Waals surface area contributed by atoms with Gasteiger partial charge in [-0.3, -0.25) is 24.0 Å². The van der Waals surface area contributed by atoms with Crippen molar-refractivity contribution < 1.29 is 51.7 Å². The van der Waals surface area contributed by atoms with Crippen molar-refractivity contribution in [1.82, 2.24) is 65.1 Å². The van der Waals surface area contributed by atoms with Crippen molar-refractivity contribution in [3.05, 3.63) is 183 Å². The molecule has 0 saturated carbocycles. The van der Waals surface area contributed by atoms with Crippen LogP contribution < -0.4 is 36.2 Å². The molecular formula is C55H48F3N15O8. The Hall–Kier alpha value is -10.2. The topological polar surface area (TPSA) is 278 Å². The molecule has 412 valence electrons. The molecule has 3 aliphatic rings. The summed E-state index contributed by atoms with van der Waals surface area (Å²) in [4.78, 5) is 78.3. The number of hydrogen-bond acceptors (Lipinski definition) is 15. The van der Waals surface area contributed by atoms with Gasteiger partial charge in [-0.2, -0.15) is 15.3 Å². The molecule has 23 nitrogen and oxygen atoms in total. The smallest absolute Gasteiger partial charge is 0.270 e. The van der Waals surface area contributed by atoms with Gasteiger partial charge in [0.1, 0.15) is 46.4 Å². The first-order valence-corrected chi connectivity index (χ1v) is 25.4. The lowest BCUT2D eigenvalue weighted by Crippen LogP contribution is -2.36. The molecule has 8 heterocycles. The van der Waals surface area contributed by atoms with Crippen LogP contribution in [0.1, 0.15) is 93.4 Å². The minimum absolute atomic E-state index is 0.0181. The second-order valence-electron chi connectivity index (χ2n) is 19.0. The van der Waals surface area contributed by atoms with Gasteiger partial charge in [0.05, 0.1) is 43.0 Å². The number of benzene rings is 3. The number of carbonyl (C=O) groups is 5. The van der Waals surface area contributed by atoms with Crippen LogP contribution in [0.3, 0.4) is 0 Å². The number of amides is 5. The van der Waals surface area contributed by atoms with Crippen molar-refractivity contribution >= 4 is 63.6 Å². The zero-order valence-corrected chi connectivity index (χ0v) is 43.0. The minimum Gasteiger partial charge on any atom is -0.508 e. The molecule has 0 unspecified atom stereocenters. The fourth-order valence-electron chi connectivity index (χ4n) is 9.74. The SMILES string of the molecule is C=C(O)c1ccc2c(c1C)CC[C@@H]2NC(=O)c1cc(C(=O)NCc2ccc(F)c(N3CCOCC3)c2)nc2c(F)cnn12.O=C1COc2ccc(CNC(=O)c3cc(C(=O)NCc4ccc5ncnn5c4)n4ncc(F)c4n3)cc2N1. The van der Waals surface area contributed by atoms with Gasteiger partial charge in [0.25, 0.3) is 29.5 Å². The molecular weight excluding hydrogens is 1060 g/mol. The zero-order chi connectivity index (χ0) is 56.5. The van der Waals surface area contributed by atoms with E-state index in [0.717, 1.165) is 43.7 Å². The zero-order valence-electron chi connectivity index (χ0n) is 43.0. The Bertz CT molecular complexity index is 4020. The summed E-state index contributed by atoms with van der Waals surface area (Å²) in [6.07, 6.45) is 6.31. The standard InChI is InChI=1S/C31H30F2N6O4.C24H18FN9O4/c1-17-20(18(2)40)4-5-22-21(17)6-8-25(22)37-31(42)28-14-26(36-29-24(33)16-35-39(28)29)30(41)34-15-19-3-7-23(32)27(13-19)38-9-11-43-12-10-38;25-15-9-29-34-18(24(37)27-8-14-2-4-20-28-12-30-33(20)10-14)6-17(32-22(15)34)23(36)26-7-13-1-3-19-16(5-13)31-21(35)11-38-19/h3-5,7,13-14,16,25,40H,2,6,8-12,15H2,1H3,(H,34,41)(H,37,42);1-6,9-10,12H,7-8,11H2,(H,26,36)(H,27,37)(H,31,35)/t25-;/m0./s1. The molecule has 0 radical (unpaired) electrons. The Balaban J connectivity index is 0.000000172. The average Bonchev–Trinajstić information content (AvgIpc) is 4.40. The van der Waals surface area contributed by atoms with Crippen LogP contribution in [0.2, 0.25) is 0 Å². The maximum absolute atomic E-state index is 14.6. The molecule has 26 heteroatoms. The van der Waals surface area contributed by atoms with E-state index >= 15 is 0 Å². The molecule has 9 aromatic rings. The summed E-state index contributed by atoms with van der Waals surface area (Å²) >= 11 is 0. The molecule has 0 bridgehead atoms. The fraction of sp³-hybridized carbons (Fsp3) is 0.218. The van der Waals surface area contributed by atoms with Gasteiger partial charge < -0.3 is 46.1 Å². The lowest BCUT2D eigenvalue weighted by Gasteiger charge is -2.29. The predicted molar refractivity (Wildman–Crippen MR) is 284 cm³/mol. The third kappa shape index (κ3) is 11.0. The quantitative estimate of drug-likeness (QED) is 0.0817. The minimum atomic E-state index is -0.782. The number of anilines is 2. The molecule has 6 N–H and O–H groups in total. The Morgan fingerprint density at radius 1 is 0.753 bits per heavy atom. The number of aliphatic hydroxyl groups is 1. The van der Waals surface area contributed by atoms with Crippen LogP contribution in [-0.2, 0) is 35.6 Å². The second-order valence-corrected chi connectivity index (χ2v) is 19.0. The number of hydrogen-bond donors (Lipinski definition) is 6. The molecule has 3 aromatic carbocycles. The van der Waals surface area contributed by atoms with Crippen LogP contribution in [-0.4, -0.2) is 111 Å². The van der Waals surface area contributed by atoms with E-state index in [-0.39, 0.29) is 83.8 Å². The Kier molecular flexibility index (Phi) is 14.5. The van der Waals surface area contributed by atoms with Gasteiger partial charge in [-0.15, -0.1) is 0 Å². The second kappa shape index (κ2) is 22.2. The molecule has 1 saturated heterocycles. The van der Waals surface area contributed by atoms with E-state index < -0.39 is 35.3 Å². The largest absolute Gasteiger partial charge is 0.508 e. The summed E-state index contributed by atoms with van der Waals surface area (Å²) in [6, 6.07) is 19.0. The molecule has 12 rings (SSSR count). The lowest BCUT2D eigenvalue weighted by atomic mass is 9.97. The molecule has 6 aromatic heterocycles. The Labute approximate surface area is 456 Å². The summed E-state index contributed by atoms with van der Waals surface area (Å²) in [5.74, 6) is -4.09. The Morgan fingerprint density at radius 3 is 2.07 bits per heavy atom. The molecule has 1 fully saturated rings. The average molecular weight is 1100 g/mol. The highest BCUT2D eigenvalue weighted by atomic mass is 19.1. The normalized spacial score (nSPS) is 14.5. The number of aliphatic hydroxyl groups excluding tert-OH is 1. The Morgan fingerprint density at radius 2 is 1.38 bits per heavy atom. The van der Waals surface area contributed by atoms with Crippen molar-refractivity contribution in [2.75, 3.05) is 43.1 Å². The lowest BCUT2D eigenvalue weighted by molar-refractivity contribution is -0.118. The number of nitrogens with zero attached hydrogens (tertiary/aromatic N) is 10. The maximum atomic E-state index is 14.6. The van der Waals surface area contributed by atoms with Gasteiger partial charge in [0, 0.05) is 56.6 Å². The number of morpholine rings is 1. The highest BCUT2D eigenvalue weighted by Gasteiger charge is 2.29. The molecule has 2 aliphatic heterocycles. The number of ether oxygens (including phenoxy) is 2. The first kappa shape index (κ1) is 52.8. The predicted octanol–water partition coefficient (Wildman–Crippen LogP) is 5.13. The highest BCUT2D eigenvalue weighted by molar-refractivity contribution is 6.00. The van der Waals surface area contributed by atoms with E-state index in [9.17, 15) is 42.3 Å². The van der Waals surface area contributed by atoms with Crippen LogP contribution >= 0.6 is 0 Å². The fourth-order valence-corrected chi connectivity index (χ4v) is 9.74. The number of halogens is 3. The van der Waals surface area contributed by atoms with E-state index in [1.54, 1.807) is 59.2 Å². The van der Waals surface area contributed by atoms with Crippen molar-refractivity contribution in [3.8, 4) is 5.75 Å². The number of rotatable bonds is 13. The number of pyridine rings is 1. The molecule has 0 spiro atoms. The summed E-state index contributed by atoms with van der Waals surface area (Å²) in [6.45, 7) is 7.87. The van der Waals surface area contributed by atoms with Crippen molar-refractivity contribution in [3.63, 3.8) is 0 Å². The molecule has 81 heavy (non-hydrogen) atoms. The first-order chi connectivity index (χ1) is 39.1. The molecule has 1 atom stereocenters. The van der Waals surface area contributed by atoms with Crippen LogP contribution in [0, 0.1) is 24.4 Å². The highest BCUT2D eigenvalue weighted by Crippen LogP contribution is 2.36. The number of nitrogens with one attached hydrogen (secondary N) is 5. The van der Waals surface area contributed by atoms with Gasteiger partial charge in [0.2, 0.25) is 0 Å². The van der Waals surface area contributed by atoms with E-state index in [1.165, 1.54) is 24.5 Å². The van der Waals surface area contributed by atoms with E-state index in [2.05, 4.69) is 63.4 Å². The third-order valence-electron chi connectivity index (χ3n) is 13.8. The summed E-state index contributed by atoms with van der Waals surface area (Å²) in [5.41, 5.74) is 6.20. The van der Waals surface area contributed by atoms with E-state index in [1.807, 2.05) is 17.9 Å². The number of carbonyl (C=O) groups excluding carboxylic acids is 5. The first-order valence-electron chi connectivity index (χ1n) is 25.4. The van der Waals surface area contributed by atoms with Gasteiger partial charge in [-0.05, 0) is 83.5 Å². The molecule has 5 amide bonds. The number of fused-ring (bicyclic) bond motifs is 5. The van der Waals surface area contributed by atoms with E-state index in [0.29, 0.717) is 78.6 Å². The maximum Gasteiger partial charge on any atom is 0.270 e. The van der Waals surface area contributed by atoms with Crippen LogP contribution in [0.4, 0.5) is 24.5 Å². The van der Waals surface area contributed by atoms with Crippen LogP contribution in [0.25, 0.3) is 22.7 Å². The summed E-state index contributed by atoms with van der Waals surface area (Å²) < 4.78 is 57.8. The van der Waals surface area contributed by atoms with Gasteiger partial charge in [-0.1, -0.05) is 36.9 Å².